The van der Waals surface area contributed by atoms with Gasteiger partial charge in [-0.25, -0.2) is 0 Å². The van der Waals surface area contributed by atoms with Gasteiger partial charge in [-0.15, -0.1) is 0 Å². The van der Waals surface area contributed by atoms with Crippen LogP contribution in [0.2, 0.25) is 0 Å². The predicted molar refractivity (Wildman–Crippen MR) is 82.4 cm³/mol. The summed E-state index contributed by atoms with van der Waals surface area (Å²) in [7, 11) is 2.05. The molecule has 120 valence electrons. The van der Waals surface area contributed by atoms with Crippen LogP contribution < -0.4 is 5.73 Å². The molecule has 21 heavy (non-hydrogen) atoms. The van der Waals surface area contributed by atoms with Crippen LogP contribution in [0.3, 0.4) is 0 Å². The maximum absolute atomic E-state index is 6.14. The van der Waals surface area contributed by atoms with Crippen molar-refractivity contribution >= 4 is 5.96 Å². The summed E-state index contributed by atoms with van der Waals surface area (Å²) in [6.07, 6.45) is 3.63. The average molecular weight is 296 g/mol. The first kappa shape index (κ1) is 15.1. The third kappa shape index (κ3) is 3.87. The molecule has 2 heterocycles. The molecule has 1 saturated carbocycles. The lowest BCUT2D eigenvalue weighted by molar-refractivity contribution is 0.00365. The van der Waals surface area contributed by atoms with Gasteiger partial charge in [0.25, 0.3) is 0 Å². The highest BCUT2D eigenvalue weighted by atomic mass is 16.5. The number of nitrogens with two attached hydrogens (primary N) is 1. The Hall–Kier alpha value is -0.850. The average Bonchev–Trinajstić information content (AvgIpc) is 3.24. The molecule has 0 bridgehead atoms. The van der Waals surface area contributed by atoms with Crippen molar-refractivity contribution in [2.45, 2.75) is 31.3 Å². The van der Waals surface area contributed by atoms with Gasteiger partial charge in [-0.05, 0) is 19.3 Å². The van der Waals surface area contributed by atoms with Gasteiger partial charge in [-0.3, -0.25) is 9.89 Å². The third-order valence-corrected chi connectivity index (χ3v) is 4.92. The van der Waals surface area contributed by atoms with Crippen LogP contribution in [0.15, 0.2) is 4.99 Å². The lowest BCUT2D eigenvalue weighted by atomic mass is 9.97. The number of hydrogen-bond donors (Lipinski definition) is 1. The highest BCUT2D eigenvalue weighted by Gasteiger charge is 2.32. The molecule has 3 aliphatic rings. The van der Waals surface area contributed by atoms with Crippen LogP contribution in [0.4, 0.5) is 0 Å². The number of nitrogens with zero attached hydrogens (tertiary/aromatic N) is 3. The molecule has 2 aliphatic heterocycles. The third-order valence-electron chi connectivity index (χ3n) is 4.92. The molecule has 2 atom stereocenters. The Balaban J connectivity index is 1.61. The summed E-state index contributed by atoms with van der Waals surface area (Å²) in [4.78, 5) is 9.32. The molecule has 0 aromatic heterocycles. The van der Waals surface area contributed by atoms with Crippen LogP contribution >= 0.6 is 0 Å². The molecule has 6 heteroatoms. The highest BCUT2D eigenvalue weighted by molar-refractivity contribution is 5.78. The molecule has 0 amide bonds. The number of guanidine groups is 1. The van der Waals surface area contributed by atoms with E-state index in [0.717, 1.165) is 52.5 Å². The Morgan fingerprint density at radius 1 is 1.24 bits per heavy atom. The van der Waals surface area contributed by atoms with Crippen molar-refractivity contribution in [1.82, 2.24) is 9.80 Å². The molecule has 3 rings (SSSR count). The van der Waals surface area contributed by atoms with E-state index < -0.39 is 0 Å². The molecule has 0 spiro atoms. The van der Waals surface area contributed by atoms with Crippen molar-refractivity contribution in [2.24, 2.45) is 16.6 Å². The summed E-state index contributed by atoms with van der Waals surface area (Å²) >= 11 is 0. The second-order valence-electron chi connectivity index (χ2n) is 6.38. The van der Waals surface area contributed by atoms with E-state index in [4.69, 9.17) is 15.2 Å². The standard InChI is InChI=1S/C15H28N4O2/c1-18(13-2-3-13)15(16)17-10-14(12-4-7-21-11-12)19-5-8-20-9-6-19/h12-14H,2-11H2,1H3,(H2,16,17)/t12-,14-/m0/s1. The van der Waals surface area contributed by atoms with Crippen molar-refractivity contribution < 1.29 is 9.47 Å². The van der Waals surface area contributed by atoms with E-state index in [1.807, 2.05) is 0 Å². The van der Waals surface area contributed by atoms with Crippen molar-refractivity contribution in [1.29, 1.82) is 0 Å². The van der Waals surface area contributed by atoms with Crippen LogP contribution in [0.25, 0.3) is 0 Å². The van der Waals surface area contributed by atoms with E-state index in [-0.39, 0.29) is 0 Å². The van der Waals surface area contributed by atoms with E-state index in [1.165, 1.54) is 12.8 Å². The first-order valence-electron chi connectivity index (χ1n) is 8.18. The maximum atomic E-state index is 6.14. The fourth-order valence-electron chi connectivity index (χ4n) is 3.28. The van der Waals surface area contributed by atoms with E-state index >= 15 is 0 Å². The quantitative estimate of drug-likeness (QED) is 0.577. The summed E-state index contributed by atoms with van der Waals surface area (Å²) in [5, 5.41) is 0. The molecule has 6 nitrogen and oxygen atoms in total. The summed E-state index contributed by atoms with van der Waals surface area (Å²) < 4.78 is 11.1. The molecule has 0 radical (unpaired) electrons. The number of morpholine rings is 1. The van der Waals surface area contributed by atoms with Gasteiger partial charge in [0.15, 0.2) is 5.96 Å². The lowest BCUT2D eigenvalue weighted by Crippen LogP contribution is -2.49. The van der Waals surface area contributed by atoms with Crippen molar-refractivity contribution in [2.75, 3.05) is 53.1 Å². The van der Waals surface area contributed by atoms with Crippen molar-refractivity contribution in [3.63, 3.8) is 0 Å². The minimum absolute atomic E-state index is 0.433. The highest BCUT2D eigenvalue weighted by Crippen LogP contribution is 2.25. The Kier molecular flexibility index (Phi) is 4.98. The van der Waals surface area contributed by atoms with Crippen LogP contribution in [-0.4, -0.2) is 81.0 Å². The second kappa shape index (κ2) is 6.94. The monoisotopic (exact) mass is 296 g/mol. The summed E-state index contributed by atoms with van der Waals surface area (Å²) in [6, 6.07) is 1.05. The largest absolute Gasteiger partial charge is 0.381 e. The Morgan fingerprint density at radius 3 is 2.62 bits per heavy atom. The number of hydrogen-bond acceptors (Lipinski definition) is 4. The van der Waals surface area contributed by atoms with Crippen molar-refractivity contribution in [3.05, 3.63) is 0 Å². The SMILES string of the molecule is CN(C(N)=NC[C@@H]([C@H]1CCOC1)N1CCOCC1)C1CC1. The maximum Gasteiger partial charge on any atom is 0.191 e. The van der Waals surface area contributed by atoms with E-state index in [2.05, 4.69) is 21.8 Å². The van der Waals surface area contributed by atoms with Gasteiger partial charge >= 0.3 is 0 Å². The van der Waals surface area contributed by atoms with Gasteiger partial charge in [-0.1, -0.05) is 0 Å². The topological polar surface area (TPSA) is 63.3 Å². The molecule has 2 saturated heterocycles. The summed E-state index contributed by atoms with van der Waals surface area (Å²) in [5.74, 6) is 1.26. The lowest BCUT2D eigenvalue weighted by Gasteiger charge is -2.36. The zero-order valence-corrected chi connectivity index (χ0v) is 13.0. The van der Waals surface area contributed by atoms with Gasteiger partial charge < -0.3 is 20.1 Å². The number of rotatable bonds is 5. The molecule has 0 aromatic carbocycles. The minimum atomic E-state index is 0.433. The summed E-state index contributed by atoms with van der Waals surface area (Å²) in [6.45, 7) is 6.15. The molecule has 2 N–H and O–H groups in total. The van der Waals surface area contributed by atoms with Gasteiger partial charge in [0.2, 0.25) is 0 Å². The first-order valence-corrected chi connectivity index (χ1v) is 8.18. The van der Waals surface area contributed by atoms with Gasteiger partial charge in [0.1, 0.15) is 0 Å². The van der Waals surface area contributed by atoms with E-state index in [1.54, 1.807) is 0 Å². The number of aliphatic imine (C=N–C) groups is 1. The van der Waals surface area contributed by atoms with Gasteiger partial charge in [0, 0.05) is 44.7 Å². The molecule has 0 unspecified atom stereocenters. The Morgan fingerprint density at radius 2 is 2.00 bits per heavy atom. The van der Waals surface area contributed by atoms with Crippen LogP contribution in [0, 0.1) is 5.92 Å². The Labute approximate surface area is 127 Å². The Bertz CT molecular complexity index is 361. The van der Waals surface area contributed by atoms with E-state index in [9.17, 15) is 0 Å². The summed E-state index contributed by atoms with van der Waals surface area (Å²) in [5.41, 5.74) is 6.14. The van der Waals surface area contributed by atoms with Crippen LogP contribution in [0.1, 0.15) is 19.3 Å². The first-order chi connectivity index (χ1) is 10.3. The van der Waals surface area contributed by atoms with Gasteiger partial charge in [0.05, 0.1) is 26.4 Å². The predicted octanol–water partition coefficient (Wildman–Crippen LogP) is 0.133. The van der Waals surface area contributed by atoms with E-state index in [0.29, 0.717) is 24.0 Å². The van der Waals surface area contributed by atoms with Crippen LogP contribution in [-0.2, 0) is 9.47 Å². The second-order valence-corrected chi connectivity index (χ2v) is 6.38. The zero-order chi connectivity index (χ0) is 14.7. The molecule has 1 aliphatic carbocycles. The van der Waals surface area contributed by atoms with Crippen LogP contribution in [0.5, 0.6) is 0 Å². The normalized spacial score (nSPS) is 29.6. The molecular weight excluding hydrogens is 268 g/mol. The van der Waals surface area contributed by atoms with Gasteiger partial charge in [-0.2, -0.15) is 0 Å². The molecular formula is C15H28N4O2. The fourth-order valence-corrected chi connectivity index (χ4v) is 3.28. The molecule has 0 aromatic rings. The number of ether oxygens (including phenoxy) is 2. The van der Waals surface area contributed by atoms with Crippen molar-refractivity contribution in [3.8, 4) is 0 Å². The smallest absolute Gasteiger partial charge is 0.191 e. The fraction of sp³-hybridized carbons (Fsp3) is 0.933. The minimum Gasteiger partial charge on any atom is -0.381 e. The zero-order valence-electron chi connectivity index (χ0n) is 13.0. The molecule has 3 fully saturated rings.